The molecule has 0 radical (unpaired) electrons. The summed E-state index contributed by atoms with van der Waals surface area (Å²) in [6.45, 7) is 3.32. The highest BCUT2D eigenvalue weighted by atomic mass is 16.6. The van der Waals surface area contributed by atoms with Crippen molar-refractivity contribution in [2.45, 2.75) is 63.1 Å². The van der Waals surface area contributed by atoms with Crippen molar-refractivity contribution >= 4 is 23.7 Å². The number of aliphatic hydroxyl groups excluding tert-OH is 1. The van der Waals surface area contributed by atoms with Crippen LogP contribution in [-0.4, -0.2) is 81.9 Å². The second-order valence-corrected chi connectivity index (χ2v) is 9.73. The fourth-order valence-electron chi connectivity index (χ4n) is 4.51. The molecule has 2 aliphatic rings. The molecule has 7 unspecified atom stereocenters. The zero-order chi connectivity index (χ0) is 28.1. The first-order chi connectivity index (χ1) is 18.7. The van der Waals surface area contributed by atoms with Crippen LogP contribution >= 0.6 is 0 Å². The summed E-state index contributed by atoms with van der Waals surface area (Å²) in [5.41, 5.74) is 0.471. The molecule has 0 spiro atoms. The van der Waals surface area contributed by atoms with E-state index in [1.165, 1.54) is 32.2 Å². The summed E-state index contributed by atoms with van der Waals surface area (Å²) in [4.78, 5) is 56.6. The van der Waals surface area contributed by atoms with E-state index in [2.05, 4.69) is 20.9 Å². The number of esters is 1. The fourth-order valence-corrected chi connectivity index (χ4v) is 4.51. The summed E-state index contributed by atoms with van der Waals surface area (Å²) in [6, 6.07) is 8.24. The number of nitrogens with one attached hydrogen (secondary N) is 3. The smallest absolute Gasteiger partial charge is 0.331 e. The van der Waals surface area contributed by atoms with Crippen LogP contribution in [0.1, 0.15) is 36.3 Å². The molecule has 3 amide bonds. The van der Waals surface area contributed by atoms with E-state index in [9.17, 15) is 29.4 Å². The lowest BCUT2D eigenvalue weighted by Gasteiger charge is -2.37. The van der Waals surface area contributed by atoms with Crippen molar-refractivity contribution in [3.8, 4) is 5.75 Å². The topological polar surface area (TPSA) is 176 Å². The predicted octanol–water partition coefficient (Wildman–Crippen LogP) is -0.171. The Morgan fingerprint density at radius 1 is 1.08 bits per heavy atom. The molecule has 1 aromatic carbocycles. The van der Waals surface area contributed by atoms with E-state index >= 15 is 0 Å². The molecule has 12 heteroatoms. The van der Waals surface area contributed by atoms with E-state index in [4.69, 9.17) is 9.47 Å². The van der Waals surface area contributed by atoms with Gasteiger partial charge >= 0.3 is 5.97 Å². The van der Waals surface area contributed by atoms with E-state index in [1.54, 1.807) is 0 Å². The normalized spacial score (nSPS) is 29.9. The molecule has 0 saturated carbocycles. The van der Waals surface area contributed by atoms with Gasteiger partial charge in [0.15, 0.2) is 11.7 Å². The van der Waals surface area contributed by atoms with Crippen molar-refractivity contribution in [3.63, 3.8) is 0 Å². The number of ether oxygens (including phenoxy) is 2. The first kappa shape index (κ1) is 28.0. The van der Waals surface area contributed by atoms with Crippen LogP contribution < -0.4 is 16.0 Å². The number of rotatable bonds is 5. The minimum Gasteiger partial charge on any atom is -0.505 e. The van der Waals surface area contributed by atoms with Crippen molar-refractivity contribution in [1.82, 2.24) is 20.9 Å². The van der Waals surface area contributed by atoms with Gasteiger partial charge in [0.1, 0.15) is 17.9 Å². The zero-order valence-electron chi connectivity index (χ0n) is 21.6. The van der Waals surface area contributed by atoms with Gasteiger partial charge < -0.3 is 35.6 Å². The van der Waals surface area contributed by atoms with Gasteiger partial charge in [0.2, 0.25) is 11.8 Å². The molecule has 2 fully saturated rings. The Balaban J connectivity index is 1.67. The van der Waals surface area contributed by atoms with Crippen molar-refractivity contribution in [3.05, 3.63) is 59.9 Å². The molecule has 1 aromatic heterocycles. The van der Waals surface area contributed by atoms with Crippen LogP contribution in [0.25, 0.3) is 0 Å². The number of aliphatic hydroxyl groups is 1. The Labute approximate surface area is 225 Å². The quantitative estimate of drug-likeness (QED) is 0.322. The highest BCUT2D eigenvalue weighted by Crippen LogP contribution is 2.21. The largest absolute Gasteiger partial charge is 0.505 e. The number of nitrogens with zero attached hydrogens (tertiary/aromatic N) is 1. The van der Waals surface area contributed by atoms with Crippen LogP contribution in [0.4, 0.5) is 0 Å². The Morgan fingerprint density at radius 3 is 2.44 bits per heavy atom. The Bertz CT molecular complexity index is 1210. The molecule has 2 saturated heterocycles. The lowest BCUT2D eigenvalue weighted by Crippen LogP contribution is -2.62. The van der Waals surface area contributed by atoms with Crippen LogP contribution in [0.5, 0.6) is 5.75 Å². The minimum atomic E-state index is -1.43. The van der Waals surface area contributed by atoms with Crippen molar-refractivity contribution in [1.29, 1.82) is 0 Å². The van der Waals surface area contributed by atoms with Crippen LogP contribution in [0.3, 0.4) is 0 Å². The lowest BCUT2D eigenvalue weighted by molar-refractivity contribution is -0.166. The Morgan fingerprint density at radius 2 is 1.79 bits per heavy atom. The summed E-state index contributed by atoms with van der Waals surface area (Å²) >= 11 is 0. The molecule has 0 aliphatic carbocycles. The maximum absolute atomic E-state index is 13.6. The monoisotopic (exact) mass is 540 g/mol. The molecule has 39 heavy (non-hydrogen) atoms. The summed E-state index contributed by atoms with van der Waals surface area (Å²) in [5, 5.41) is 29.1. The number of benzene rings is 1. The van der Waals surface area contributed by atoms with Crippen LogP contribution in [0.15, 0.2) is 48.7 Å². The molecule has 208 valence electrons. The van der Waals surface area contributed by atoms with Crippen LogP contribution in [0, 0.1) is 5.92 Å². The molecular weight excluding hydrogens is 508 g/mol. The SMILES string of the molecule is CC1OC(=O)C(C2CCO2)NC(=O)C(C)C(O)C(Cc2ccccc2)NC(=O)C1NC(=O)c1ncccc1O. The molecule has 4 rings (SSSR count). The van der Waals surface area contributed by atoms with Crippen molar-refractivity contribution in [2.75, 3.05) is 6.61 Å². The Kier molecular flexibility index (Phi) is 8.77. The predicted molar refractivity (Wildman–Crippen MR) is 136 cm³/mol. The number of cyclic esters (lactones) is 1. The third-order valence-corrected chi connectivity index (χ3v) is 6.96. The lowest BCUT2D eigenvalue weighted by atomic mass is 9.91. The number of aromatic nitrogens is 1. The van der Waals surface area contributed by atoms with Gasteiger partial charge in [-0.05, 0) is 37.5 Å². The van der Waals surface area contributed by atoms with Gasteiger partial charge in [-0.15, -0.1) is 0 Å². The van der Waals surface area contributed by atoms with Crippen LogP contribution in [0.2, 0.25) is 0 Å². The Hall–Kier alpha value is -4.03. The van der Waals surface area contributed by atoms with Gasteiger partial charge in [0.05, 0.1) is 24.2 Å². The number of aromatic hydroxyl groups is 1. The van der Waals surface area contributed by atoms with E-state index in [1.807, 2.05) is 30.3 Å². The average molecular weight is 541 g/mol. The van der Waals surface area contributed by atoms with Gasteiger partial charge in [0, 0.05) is 12.8 Å². The summed E-state index contributed by atoms with van der Waals surface area (Å²) < 4.78 is 11.0. The third kappa shape index (κ3) is 6.52. The average Bonchev–Trinajstić information content (AvgIpc) is 2.89. The van der Waals surface area contributed by atoms with E-state index in [0.717, 1.165) is 5.56 Å². The van der Waals surface area contributed by atoms with Crippen LogP contribution in [-0.2, 0) is 30.3 Å². The molecule has 7 atom stereocenters. The fraction of sp³-hybridized carbons (Fsp3) is 0.444. The van der Waals surface area contributed by atoms with E-state index in [-0.39, 0.29) is 12.1 Å². The molecule has 12 nitrogen and oxygen atoms in total. The second kappa shape index (κ2) is 12.2. The minimum absolute atomic E-state index is 0.177. The van der Waals surface area contributed by atoms with Crippen molar-refractivity contribution in [2.24, 2.45) is 5.92 Å². The summed E-state index contributed by atoms with van der Waals surface area (Å²) in [6.07, 6.45) is -1.21. The summed E-state index contributed by atoms with van der Waals surface area (Å²) in [5.74, 6) is -4.51. The van der Waals surface area contributed by atoms with Gasteiger partial charge in [-0.1, -0.05) is 37.3 Å². The number of hydrogen-bond acceptors (Lipinski definition) is 9. The number of hydrogen-bond donors (Lipinski definition) is 5. The summed E-state index contributed by atoms with van der Waals surface area (Å²) in [7, 11) is 0. The molecule has 2 aromatic rings. The molecular formula is C27H32N4O8. The third-order valence-electron chi connectivity index (χ3n) is 6.96. The highest BCUT2D eigenvalue weighted by Gasteiger charge is 2.42. The van der Waals surface area contributed by atoms with Crippen molar-refractivity contribution < 1.29 is 38.9 Å². The molecule has 2 aliphatic heterocycles. The van der Waals surface area contributed by atoms with E-state index in [0.29, 0.717) is 13.0 Å². The van der Waals surface area contributed by atoms with Gasteiger partial charge in [-0.2, -0.15) is 0 Å². The standard InChI is InChI=1S/C27H32N4O8/c1-14-23(33)17(13-16-7-4-3-5-8-16)29-25(35)20(30-26(36)21-18(32)9-6-11-28-21)15(2)39-27(37)22(31-24(14)34)19-10-12-38-19/h3-9,11,14-15,17,19-20,22-23,32-33H,10,12-13H2,1-2H3,(H,29,35)(H,30,36)(H,31,34). The second-order valence-electron chi connectivity index (χ2n) is 9.73. The molecule has 3 heterocycles. The van der Waals surface area contributed by atoms with Gasteiger partial charge in [-0.25, -0.2) is 9.78 Å². The van der Waals surface area contributed by atoms with Gasteiger partial charge in [-0.3, -0.25) is 14.4 Å². The highest BCUT2D eigenvalue weighted by molar-refractivity contribution is 5.98. The molecule has 0 bridgehead atoms. The zero-order valence-corrected chi connectivity index (χ0v) is 21.6. The first-order valence-electron chi connectivity index (χ1n) is 12.8. The first-order valence-corrected chi connectivity index (χ1v) is 12.8. The molecule has 5 N–H and O–H groups in total. The number of carbonyl (C=O) groups is 4. The number of amides is 3. The number of pyridine rings is 1. The number of carbonyl (C=O) groups excluding carboxylic acids is 4. The van der Waals surface area contributed by atoms with E-state index < -0.39 is 71.8 Å². The van der Waals surface area contributed by atoms with Gasteiger partial charge in [0.25, 0.3) is 5.91 Å². The maximum atomic E-state index is 13.6. The maximum Gasteiger partial charge on any atom is 0.331 e.